The standard InChI is InChI=1S/C26H20O2/c1-18(25(27)19-10-4-2-5-11-19)21-16-17-24(23-15-9-8-14-22(21)23)26(28)20-12-6-3-7-13-20/h2-15,17,21H,1,16H2. The first kappa shape index (κ1) is 17.9. The van der Waals surface area contributed by atoms with E-state index in [0.717, 1.165) is 11.1 Å². The fourth-order valence-electron chi connectivity index (χ4n) is 3.74. The van der Waals surface area contributed by atoms with E-state index in [0.29, 0.717) is 28.7 Å². The van der Waals surface area contributed by atoms with Crippen LogP contribution in [0.2, 0.25) is 0 Å². The smallest absolute Gasteiger partial charge is 0.193 e. The zero-order valence-corrected chi connectivity index (χ0v) is 15.5. The van der Waals surface area contributed by atoms with Gasteiger partial charge in [-0.25, -0.2) is 0 Å². The van der Waals surface area contributed by atoms with Gasteiger partial charge in [-0.2, -0.15) is 0 Å². The summed E-state index contributed by atoms with van der Waals surface area (Å²) in [7, 11) is 0. The van der Waals surface area contributed by atoms with E-state index in [4.69, 9.17) is 0 Å². The van der Waals surface area contributed by atoms with Gasteiger partial charge in [-0.3, -0.25) is 9.59 Å². The van der Waals surface area contributed by atoms with Crippen molar-refractivity contribution in [3.63, 3.8) is 0 Å². The number of benzene rings is 3. The first-order valence-electron chi connectivity index (χ1n) is 9.34. The molecule has 3 aromatic carbocycles. The van der Waals surface area contributed by atoms with Gasteiger partial charge in [0.2, 0.25) is 0 Å². The molecule has 136 valence electrons. The molecule has 0 amide bonds. The van der Waals surface area contributed by atoms with E-state index in [-0.39, 0.29) is 17.5 Å². The molecule has 4 rings (SSSR count). The van der Waals surface area contributed by atoms with E-state index in [1.54, 1.807) is 0 Å². The quantitative estimate of drug-likeness (QED) is 0.418. The predicted octanol–water partition coefficient (Wildman–Crippen LogP) is 5.88. The van der Waals surface area contributed by atoms with Gasteiger partial charge in [-0.1, -0.05) is 97.6 Å². The van der Waals surface area contributed by atoms with Crippen molar-refractivity contribution in [1.29, 1.82) is 0 Å². The summed E-state index contributed by atoms with van der Waals surface area (Å²) in [6.45, 7) is 4.12. The second-order valence-corrected chi connectivity index (χ2v) is 6.91. The summed E-state index contributed by atoms with van der Waals surface area (Å²) in [5, 5.41) is 0. The molecule has 0 aliphatic heterocycles. The summed E-state index contributed by atoms with van der Waals surface area (Å²) in [6.07, 6.45) is 2.54. The lowest BCUT2D eigenvalue weighted by Crippen LogP contribution is -2.17. The molecule has 0 aromatic heterocycles. The highest BCUT2D eigenvalue weighted by Gasteiger charge is 2.29. The highest BCUT2D eigenvalue weighted by molar-refractivity contribution is 6.29. The van der Waals surface area contributed by atoms with E-state index in [2.05, 4.69) is 6.58 Å². The molecule has 28 heavy (non-hydrogen) atoms. The van der Waals surface area contributed by atoms with Crippen LogP contribution >= 0.6 is 0 Å². The Hall–Kier alpha value is -3.52. The molecule has 0 heterocycles. The highest BCUT2D eigenvalue weighted by Crippen LogP contribution is 2.40. The van der Waals surface area contributed by atoms with Crippen LogP contribution in [0.5, 0.6) is 0 Å². The molecule has 3 aromatic rings. The van der Waals surface area contributed by atoms with Gasteiger partial charge in [0, 0.05) is 28.2 Å². The summed E-state index contributed by atoms with van der Waals surface area (Å²) in [4.78, 5) is 25.9. The van der Waals surface area contributed by atoms with Gasteiger partial charge in [0.25, 0.3) is 0 Å². The molecule has 1 atom stereocenters. The maximum Gasteiger partial charge on any atom is 0.193 e. The minimum atomic E-state index is -0.128. The number of carbonyl (C=O) groups is 2. The molecule has 0 radical (unpaired) electrons. The number of ketones is 2. The Labute approximate surface area is 164 Å². The summed E-state index contributed by atoms with van der Waals surface area (Å²) >= 11 is 0. The van der Waals surface area contributed by atoms with Crippen molar-refractivity contribution in [2.24, 2.45) is 0 Å². The third kappa shape index (κ3) is 3.25. The van der Waals surface area contributed by atoms with Crippen molar-refractivity contribution in [3.05, 3.63) is 125 Å². The van der Waals surface area contributed by atoms with Gasteiger partial charge in [0.05, 0.1) is 0 Å². The Kier molecular flexibility index (Phi) is 4.86. The maximum atomic E-state index is 13.0. The monoisotopic (exact) mass is 364 g/mol. The third-order valence-electron chi connectivity index (χ3n) is 5.21. The van der Waals surface area contributed by atoms with Crippen LogP contribution in [0.3, 0.4) is 0 Å². The number of Topliss-reactive ketones (excluding diaryl/α,β-unsaturated/α-hetero) is 2. The minimum Gasteiger partial charge on any atom is -0.289 e. The normalized spacial score (nSPS) is 15.3. The molecule has 1 aliphatic rings. The molecule has 2 heteroatoms. The minimum absolute atomic E-state index is 0.00602. The molecule has 0 saturated carbocycles. The van der Waals surface area contributed by atoms with Crippen molar-refractivity contribution >= 4 is 17.1 Å². The van der Waals surface area contributed by atoms with E-state index < -0.39 is 0 Å². The van der Waals surface area contributed by atoms with Crippen LogP contribution < -0.4 is 0 Å². The van der Waals surface area contributed by atoms with Crippen molar-refractivity contribution in [1.82, 2.24) is 0 Å². The zero-order valence-electron chi connectivity index (χ0n) is 15.5. The largest absolute Gasteiger partial charge is 0.289 e. The maximum absolute atomic E-state index is 13.0. The molecule has 0 fully saturated rings. The first-order chi connectivity index (χ1) is 13.7. The second-order valence-electron chi connectivity index (χ2n) is 6.91. The molecule has 0 spiro atoms. The molecule has 0 saturated heterocycles. The number of allylic oxidation sites excluding steroid dienone is 3. The van der Waals surface area contributed by atoms with Crippen molar-refractivity contribution in [2.45, 2.75) is 12.3 Å². The number of hydrogen-bond donors (Lipinski definition) is 0. The number of rotatable bonds is 5. The molecule has 1 aliphatic carbocycles. The van der Waals surface area contributed by atoms with Crippen LogP contribution in [-0.4, -0.2) is 11.6 Å². The van der Waals surface area contributed by atoms with Crippen LogP contribution in [0.1, 0.15) is 44.2 Å². The highest BCUT2D eigenvalue weighted by atomic mass is 16.1. The second kappa shape index (κ2) is 7.61. The van der Waals surface area contributed by atoms with Crippen molar-refractivity contribution in [2.75, 3.05) is 0 Å². The van der Waals surface area contributed by atoms with Crippen LogP contribution in [0.4, 0.5) is 0 Å². The van der Waals surface area contributed by atoms with E-state index in [1.807, 2.05) is 91.0 Å². The average molecular weight is 364 g/mol. The SMILES string of the molecule is C=C(C(=O)c1ccccc1)C1CC=C(C(=O)c2ccccc2)c2ccccc21. The van der Waals surface area contributed by atoms with E-state index in [9.17, 15) is 9.59 Å². The van der Waals surface area contributed by atoms with E-state index >= 15 is 0 Å². The zero-order chi connectivity index (χ0) is 19.5. The van der Waals surface area contributed by atoms with Crippen LogP contribution in [-0.2, 0) is 0 Å². The average Bonchev–Trinajstić information content (AvgIpc) is 2.78. The van der Waals surface area contributed by atoms with Gasteiger partial charge in [0.15, 0.2) is 11.6 Å². The van der Waals surface area contributed by atoms with Gasteiger partial charge in [0.1, 0.15) is 0 Å². The molecular weight excluding hydrogens is 344 g/mol. The Morgan fingerprint density at radius 1 is 0.750 bits per heavy atom. The fourth-order valence-corrected chi connectivity index (χ4v) is 3.74. The van der Waals surface area contributed by atoms with Crippen LogP contribution in [0.25, 0.3) is 5.57 Å². The summed E-state index contributed by atoms with van der Waals surface area (Å²) < 4.78 is 0. The number of carbonyl (C=O) groups excluding carboxylic acids is 2. The third-order valence-corrected chi connectivity index (χ3v) is 5.21. The Morgan fingerprint density at radius 2 is 1.32 bits per heavy atom. The number of hydrogen-bond acceptors (Lipinski definition) is 2. The van der Waals surface area contributed by atoms with Crippen molar-refractivity contribution < 1.29 is 9.59 Å². The summed E-state index contributed by atoms with van der Waals surface area (Å²) in [5.74, 6) is -0.172. The van der Waals surface area contributed by atoms with Gasteiger partial charge < -0.3 is 0 Å². The number of fused-ring (bicyclic) bond motifs is 1. The summed E-state index contributed by atoms with van der Waals surface area (Å²) in [5.41, 5.74) is 4.42. The first-order valence-corrected chi connectivity index (χ1v) is 9.34. The lowest BCUT2D eigenvalue weighted by atomic mass is 9.76. The summed E-state index contributed by atoms with van der Waals surface area (Å²) in [6, 6.07) is 26.3. The van der Waals surface area contributed by atoms with Gasteiger partial charge in [-0.15, -0.1) is 0 Å². The molecule has 0 N–H and O–H groups in total. The topological polar surface area (TPSA) is 34.1 Å². The Bertz CT molecular complexity index is 1080. The molecule has 1 unspecified atom stereocenters. The fraction of sp³-hybridized carbons (Fsp3) is 0.0769. The van der Waals surface area contributed by atoms with Gasteiger partial charge in [-0.05, 0) is 17.5 Å². The molecular formula is C26H20O2. The lowest BCUT2D eigenvalue weighted by Gasteiger charge is -2.26. The Balaban J connectivity index is 1.69. The van der Waals surface area contributed by atoms with E-state index in [1.165, 1.54) is 0 Å². The van der Waals surface area contributed by atoms with Crippen LogP contribution in [0, 0.1) is 0 Å². The van der Waals surface area contributed by atoms with Gasteiger partial charge >= 0.3 is 0 Å². The van der Waals surface area contributed by atoms with Crippen LogP contribution in [0.15, 0.2) is 103 Å². The van der Waals surface area contributed by atoms with Crippen molar-refractivity contribution in [3.8, 4) is 0 Å². The lowest BCUT2D eigenvalue weighted by molar-refractivity contribution is 0.102. The Morgan fingerprint density at radius 3 is 2.00 bits per heavy atom. The predicted molar refractivity (Wildman–Crippen MR) is 112 cm³/mol. The molecule has 2 nitrogen and oxygen atoms in total. The molecule has 0 bridgehead atoms.